The lowest BCUT2D eigenvalue weighted by molar-refractivity contribution is -0.199. The van der Waals surface area contributed by atoms with E-state index in [2.05, 4.69) is 72.4 Å². The summed E-state index contributed by atoms with van der Waals surface area (Å²) in [6.45, 7) is 17.2. The Kier molecular flexibility index (Phi) is 4.64. The van der Waals surface area contributed by atoms with Crippen LogP contribution in [0.1, 0.15) is 99.8 Å². The molecule has 8 atom stereocenters. The quantitative estimate of drug-likeness (QED) is 0.363. The molecule has 4 aliphatic carbocycles. The standard InChI is InChI=1S/C30H44O2S/c1-18(2)20-10-12-27(5)21-9-8-19-23-24-26(3,4)14-16-30(23,25(31)32-24)17-15-28(19,6)29(21,7)13-11-22(27)33-20/h10-11,18-19,21,23-24H,8-9,12-17H2,1-7H3/t19?,21?,23?,24-,27-,28-,29-,30+/m1/s1. The molecular weight excluding hydrogens is 424 g/mol. The minimum absolute atomic E-state index is 0.111. The highest BCUT2D eigenvalue weighted by Crippen LogP contribution is 2.77. The van der Waals surface area contributed by atoms with Gasteiger partial charge >= 0.3 is 5.97 Å². The third kappa shape index (κ3) is 2.62. The highest BCUT2D eigenvalue weighted by Gasteiger charge is 2.74. The molecule has 3 unspecified atom stereocenters. The fraction of sp³-hybridized carbons (Fsp3) is 0.833. The lowest BCUT2D eigenvalue weighted by Crippen LogP contribution is -2.64. The number of carbonyl (C=O) groups is 1. The number of carbonyl (C=O) groups excluding carboxylic acids is 1. The predicted molar refractivity (Wildman–Crippen MR) is 136 cm³/mol. The van der Waals surface area contributed by atoms with Crippen LogP contribution in [0.2, 0.25) is 0 Å². The Morgan fingerprint density at radius 1 is 0.939 bits per heavy atom. The van der Waals surface area contributed by atoms with Crippen molar-refractivity contribution >= 4 is 17.7 Å². The third-order valence-corrected chi connectivity index (χ3v) is 14.1. The smallest absolute Gasteiger partial charge is 0.312 e. The van der Waals surface area contributed by atoms with Crippen LogP contribution in [-0.2, 0) is 9.53 Å². The molecule has 0 radical (unpaired) electrons. The molecular formula is C30H44O2S. The zero-order valence-electron chi connectivity index (χ0n) is 21.9. The third-order valence-electron chi connectivity index (χ3n) is 12.3. The summed E-state index contributed by atoms with van der Waals surface area (Å²) >= 11 is 2.09. The molecule has 3 heteroatoms. The normalized spacial score (nSPS) is 52.1. The van der Waals surface area contributed by atoms with Gasteiger partial charge in [-0.15, -0.1) is 0 Å². The maximum Gasteiger partial charge on any atom is 0.312 e. The van der Waals surface area contributed by atoms with Crippen molar-refractivity contribution in [3.8, 4) is 0 Å². The lowest BCUT2D eigenvalue weighted by atomic mass is 9.34. The first-order valence-corrected chi connectivity index (χ1v) is 14.5. The largest absolute Gasteiger partial charge is 0.461 e. The number of thioether (sulfide) groups is 1. The van der Waals surface area contributed by atoms with E-state index < -0.39 is 0 Å². The molecule has 0 aromatic rings. The van der Waals surface area contributed by atoms with Crippen LogP contribution in [0.5, 0.6) is 0 Å². The first kappa shape index (κ1) is 22.7. The minimum Gasteiger partial charge on any atom is -0.461 e. The van der Waals surface area contributed by atoms with Crippen LogP contribution in [-0.4, -0.2) is 12.1 Å². The van der Waals surface area contributed by atoms with Gasteiger partial charge in [-0.3, -0.25) is 4.79 Å². The van der Waals surface area contributed by atoms with Gasteiger partial charge in [-0.25, -0.2) is 0 Å². The molecule has 6 rings (SSSR count). The Labute approximate surface area is 205 Å². The summed E-state index contributed by atoms with van der Waals surface area (Å²) in [6.07, 6.45) is 14.8. The van der Waals surface area contributed by atoms with E-state index in [1.165, 1.54) is 32.1 Å². The van der Waals surface area contributed by atoms with Gasteiger partial charge in [0.25, 0.3) is 0 Å². The van der Waals surface area contributed by atoms with Crippen molar-refractivity contribution in [2.45, 2.75) is 106 Å². The molecule has 0 aromatic carbocycles. The number of rotatable bonds is 1. The SMILES string of the molecule is CC(C)C1=CC[C@@]2(C)C(=CC[C@]3(C)C2CCC2C4[C@H]5OC(=O)[C@@]4(CCC5(C)C)CC[C@]23C)S1. The van der Waals surface area contributed by atoms with Crippen LogP contribution in [0.25, 0.3) is 0 Å². The van der Waals surface area contributed by atoms with Crippen molar-refractivity contribution in [3.63, 3.8) is 0 Å². The number of ether oxygens (including phenoxy) is 1. The molecule has 1 saturated heterocycles. The van der Waals surface area contributed by atoms with E-state index in [1.54, 1.807) is 9.81 Å². The average molecular weight is 469 g/mol. The number of hydrogen-bond donors (Lipinski definition) is 0. The van der Waals surface area contributed by atoms with Crippen LogP contribution < -0.4 is 0 Å². The van der Waals surface area contributed by atoms with Gasteiger partial charge < -0.3 is 4.74 Å². The van der Waals surface area contributed by atoms with Crippen LogP contribution in [0, 0.1) is 50.7 Å². The van der Waals surface area contributed by atoms with Gasteiger partial charge in [0.2, 0.25) is 0 Å². The Balaban J connectivity index is 1.40. The molecule has 4 fully saturated rings. The molecule has 6 aliphatic rings. The summed E-state index contributed by atoms with van der Waals surface area (Å²) < 4.78 is 6.28. The van der Waals surface area contributed by atoms with Crippen LogP contribution >= 0.6 is 11.8 Å². The molecule has 3 saturated carbocycles. The van der Waals surface area contributed by atoms with Crippen LogP contribution in [0.3, 0.4) is 0 Å². The second-order valence-electron chi connectivity index (χ2n) is 14.3. The fourth-order valence-electron chi connectivity index (χ4n) is 10.0. The summed E-state index contributed by atoms with van der Waals surface area (Å²) in [5.41, 5.74) is 0.782. The van der Waals surface area contributed by atoms with Gasteiger partial charge in [-0.2, -0.15) is 0 Å². The Bertz CT molecular complexity index is 960. The van der Waals surface area contributed by atoms with E-state index in [4.69, 9.17) is 4.74 Å². The van der Waals surface area contributed by atoms with E-state index in [9.17, 15) is 4.79 Å². The first-order valence-electron chi connectivity index (χ1n) is 13.7. The van der Waals surface area contributed by atoms with E-state index in [0.29, 0.717) is 23.2 Å². The molecule has 0 N–H and O–H groups in total. The van der Waals surface area contributed by atoms with Crippen molar-refractivity contribution in [2.75, 3.05) is 0 Å². The molecule has 2 bridgehead atoms. The van der Waals surface area contributed by atoms with E-state index in [-0.39, 0.29) is 33.7 Å². The highest BCUT2D eigenvalue weighted by molar-refractivity contribution is 8.06. The van der Waals surface area contributed by atoms with Crippen molar-refractivity contribution < 1.29 is 9.53 Å². The predicted octanol–water partition coefficient (Wildman–Crippen LogP) is 8.14. The van der Waals surface area contributed by atoms with E-state index in [1.807, 2.05) is 0 Å². The van der Waals surface area contributed by atoms with Gasteiger partial charge in [0.1, 0.15) is 6.10 Å². The van der Waals surface area contributed by atoms with Gasteiger partial charge in [0, 0.05) is 16.7 Å². The van der Waals surface area contributed by atoms with Crippen molar-refractivity contribution in [1.82, 2.24) is 0 Å². The van der Waals surface area contributed by atoms with Gasteiger partial charge in [0.15, 0.2) is 0 Å². The lowest BCUT2D eigenvalue weighted by Gasteiger charge is -2.69. The minimum atomic E-state index is -0.178. The molecule has 0 spiro atoms. The molecule has 33 heavy (non-hydrogen) atoms. The Hall–Kier alpha value is -0.700. The summed E-state index contributed by atoms with van der Waals surface area (Å²) in [5.74, 6) is 2.55. The highest BCUT2D eigenvalue weighted by atomic mass is 32.2. The molecule has 0 aromatic heterocycles. The van der Waals surface area contributed by atoms with Gasteiger partial charge in [-0.1, -0.05) is 72.4 Å². The molecule has 182 valence electrons. The summed E-state index contributed by atoms with van der Waals surface area (Å²) in [6, 6.07) is 0. The Morgan fingerprint density at radius 2 is 1.67 bits per heavy atom. The zero-order valence-corrected chi connectivity index (χ0v) is 22.7. The molecule has 2 aliphatic heterocycles. The van der Waals surface area contributed by atoms with Gasteiger partial charge in [0.05, 0.1) is 5.41 Å². The van der Waals surface area contributed by atoms with Crippen LogP contribution in [0.15, 0.2) is 22.0 Å². The maximum absolute atomic E-state index is 13.3. The van der Waals surface area contributed by atoms with Crippen LogP contribution in [0.4, 0.5) is 0 Å². The number of fused-ring (bicyclic) bond motifs is 5. The second kappa shape index (κ2) is 6.74. The maximum atomic E-state index is 13.3. The summed E-state index contributed by atoms with van der Waals surface area (Å²) in [7, 11) is 0. The van der Waals surface area contributed by atoms with E-state index >= 15 is 0 Å². The Morgan fingerprint density at radius 3 is 2.39 bits per heavy atom. The van der Waals surface area contributed by atoms with Crippen molar-refractivity contribution in [2.24, 2.45) is 50.7 Å². The summed E-state index contributed by atoms with van der Waals surface area (Å²) in [4.78, 5) is 16.5. The number of allylic oxidation sites excluding steroid dienone is 4. The fourth-order valence-corrected chi connectivity index (χ4v) is 11.3. The number of esters is 1. The molecule has 0 amide bonds. The number of hydrogen-bond acceptors (Lipinski definition) is 3. The van der Waals surface area contributed by atoms with Gasteiger partial charge in [-0.05, 0) is 89.8 Å². The zero-order chi connectivity index (χ0) is 23.6. The average Bonchev–Trinajstić information content (AvgIpc) is 3.01. The van der Waals surface area contributed by atoms with Crippen molar-refractivity contribution in [1.29, 1.82) is 0 Å². The van der Waals surface area contributed by atoms with E-state index in [0.717, 1.165) is 25.2 Å². The van der Waals surface area contributed by atoms with Crippen molar-refractivity contribution in [3.05, 3.63) is 22.0 Å². The molecule has 2 nitrogen and oxygen atoms in total. The first-order chi connectivity index (χ1) is 15.4. The second-order valence-corrected chi connectivity index (χ2v) is 15.4. The summed E-state index contributed by atoms with van der Waals surface area (Å²) in [5, 5.41) is 0. The topological polar surface area (TPSA) is 26.3 Å². The molecule has 2 heterocycles. The monoisotopic (exact) mass is 468 g/mol.